The van der Waals surface area contributed by atoms with E-state index in [1.165, 1.54) is 0 Å². The smallest absolute Gasteiger partial charge is 0.336 e. The van der Waals surface area contributed by atoms with Crippen molar-refractivity contribution in [3.05, 3.63) is 57.8 Å². The molecule has 0 fully saturated rings. The highest BCUT2D eigenvalue weighted by Gasteiger charge is 2.35. The van der Waals surface area contributed by atoms with E-state index in [-0.39, 0.29) is 13.2 Å². The number of ether oxygens (including phenoxy) is 2. The van der Waals surface area contributed by atoms with Crippen LogP contribution in [0.25, 0.3) is 0 Å². The van der Waals surface area contributed by atoms with Gasteiger partial charge in [-0.3, -0.25) is 0 Å². The molecular formula is C18H20BrNO4. The van der Waals surface area contributed by atoms with Crippen molar-refractivity contribution < 1.29 is 19.1 Å². The molecule has 0 N–H and O–H groups in total. The van der Waals surface area contributed by atoms with Crippen molar-refractivity contribution in [3.8, 4) is 0 Å². The van der Waals surface area contributed by atoms with Crippen molar-refractivity contribution >= 4 is 27.9 Å². The van der Waals surface area contributed by atoms with E-state index in [2.05, 4.69) is 15.9 Å². The fourth-order valence-electron chi connectivity index (χ4n) is 2.61. The normalized spacial score (nSPS) is 14.8. The van der Waals surface area contributed by atoms with Gasteiger partial charge in [0, 0.05) is 23.9 Å². The Kier molecular flexibility index (Phi) is 6.20. The van der Waals surface area contributed by atoms with E-state index in [9.17, 15) is 9.59 Å². The Balaban J connectivity index is 2.55. The molecule has 1 aromatic carbocycles. The van der Waals surface area contributed by atoms with Crippen molar-refractivity contribution in [2.24, 2.45) is 0 Å². The lowest BCUT2D eigenvalue weighted by atomic mass is 9.83. The number of rotatable bonds is 5. The van der Waals surface area contributed by atoms with Crippen LogP contribution in [0.5, 0.6) is 0 Å². The Bertz CT molecular complexity index is 660. The number of carbonyl (C=O) groups is 2. The number of benzene rings is 1. The molecule has 1 aromatic rings. The number of halogens is 1. The van der Waals surface area contributed by atoms with Crippen LogP contribution in [0, 0.1) is 0 Å². The number of esters is 2. The molecule has 0 unspecified atom stereocenters. The first-order valence-electron chi connectivity index (χ1n) is 7.73. The van der Waals surface area contributed by atoms with Gasteiger partial charge in [0.05, 0.1) is 30.3 Å². The average molecular weight is 394 g/mol. The van der Waals surface area contributed by atoms with Crippen LogP contribution in [0.2, 0.25) is 0 Å². The molecule has 5 nitrogen and oxygen atoms in total. The minimum absolute atomic E-state index is 0.265. The summed E-state index contributed by atoms with van der Waals surface area (Å²) in [6, 6.07) is 7.49. The maximum atomic E-state index is 12.5. The van der Waals surface area contributed by atoms with E-state index in [1.54, 1.807) is 38.2 Å². The predicted molar refractivity (Wildman–Crippen MR) is 94.1 cm³/mol. The van der Waals surface area contributed by atoms with Crippen LogP contribution in [-0.2, 0) is 19.1 Å². The van der Waals surface area contributed by atoms with Gasteiger partial charge in [0.2, 0.25) is 0 Å². The lowest BCUT2D eigenvalue weighted by Crippen LogP contribution is -2.28. The molecule has 6 heteroatoms. The Hall–Kier alpha value is -2.08. The van der Waals surface area contributed by atoms with Gasteiger partial charge in [-0.05, 0) is 25.5 Å². The van der Waals surface area contributed by atoms with Crippen molar-refractivity contribution in [2.45, 2.75) is 19.8 Å². The van der Waals surface area contributed by atoms with Crippen LogP contribution in [0.3, 0.4) is 0 Å². The van der Waals surface area contributed by atoms with Crippen LogP contribution in [0.1, 0.15) is 25.3 Å². The summed E-state index contributed by atoms with van der Waals surface area (Å²) in [4.78, 5) is 26.6. The number of hydrogen-bond donors (Lipinski definition) is 0. The van der Waals surface area contributed by atoms with Crippen LogP contribution in [-0.4, -0.2) is 37.1 Å². The quantitative estimate of drug-likeness (QED) is 0.717. The van der Waals surface area contributed by atoms with E-state index < -0.39 is 17.9 Å². The molecule has 0 radical (unpaired) electrons. The molecule has 24 heavy (non-hydrogen) atoms. The van der Waals surface area contributed by atoms with E-state index >= 15 is 0 Å². The first kappa shape index (κ1) is 18.3. The number of hydrogen-bond acceptors (Lipinski definition) is 5. The molecule has 1 heterocycles. The highest BCUT2D eigenvalue weighted by Crippen LogP contribution is 2.39. The molecule has 1 aliphatic rings. The monoisotopic (exact) mass is 393 g/mol. The predicted octanol–water partition coefficient (Wildman–Crippen LogP) is 3.37. The van der Waals surface area contributed by atoms with Gasteiger partial charge in [0.15, 0.2) is 0 Å². The molecule has 0 saturated heterocycles. The molecule has 0 atom stereocenters. The van der Waals surface area contributed by atoms with E-state index in [0.717, 1.165) is 10.0 Å². The Labute approximate surface area is 150 Å². The molecular weight excluding hydrogens is 374 g/mol. The van der Waals surface area contributed by atoms with Gasteiger partial charge >= 0.3 is 11.9 Å². The maximum Gasteiger partial charge on any atom is 0.336 e. The SMILES string of the molecule is CCOC(=O)C1=CN(C)C=C(C(=O)OCC)C1c1ccccc1Br. The third-order valence-electron chi connectivity index (χ3n) is 3.55. The molecule has 0 bridgehead atoms. The van der Waals surface area contributed by atoms with Crippen molar-refractivity contribution in [2.75, 3.05) is 20.3 Å². The van der Waals surface area contributed by atoms with Crippen LogP contribution in [0.15, 0.2) is 52.3 Å². The third-order valence-corrected chi connectivity index (χ3v) is 4.27. The van der Waals surface area contributed by atoms with Gasteiger partial charge < -0.3 is 14.4 Å². The highest BCUT2D eigenvalue weighted by molar-refractivity contribution is 9.10. The van der Waals surface area contributed by atoms with Gasteiger partial charge in [0.1, 0.15) is 0 Å². The van der Waals surface area contributed by atoms with Gasteiger partial charge in [-0.2, -0.15) is 0 Å². The van der Waals surface area contributed by atoms with Crippen molar-refractivity contribution in [3.63, 3.8) is 0 Å². The lowest BCUT2D eigenvalue weighted by molar-refractivity contribution is -0.139. The zero-order chi connectivity index (χ0) is 17.7. The molecule has 0 aliphatic carbocycles. The van der Waals surface area contributed by atoms with Crippen LogP contribution < -0.4 is 0 Å². The fraction of sp³-hybridized carbons (Fsp3) is 0.333. The summed E-state index contributed by atoms with van der Waals surface area (Å²) in [7, 11) is 1.76. The second-order valence-corrected chi connectivity index (χ2v) is 6.08. The minimum Gasteiger partial charge on any atom is -0.463 e. The van der Waals surface area contributed by atoms with Crippen molar-refractivity contribution in [1.29, 1.82) is 0 Å². The molecule has 2 rings (SSSR count). The van der Waals surface area contributed by atoms with Crippen molar-refractivity contribution in [1.82, 2.24) is 4.90 Å². The molecule has 0 aromatic heterocycles. The minimum atomic E-state index is -0.546. The topological polar surface area (TPSA) is 55.8 Å². The summed E-state index contributed by atoms with van der Waals surface area (Å²) >= 11 is 3.51. The van der Waals surface area contributed by atoms with E-state index in [0.29, 0.717) is 11.1 Å². The first-order valence-corrected chi connectivity index (χ1v) is 8.52. The zero-order valence-corrected chi connectivity index (χ0v) is 15.5. The van der Waals surface area contributed by atoms with Gasteiger partial charge in [-0.15, -0.1) is 0 Å². The summed E-state index contributed by atoms with van der Waals surface area (Å²) in [6.45, 7) is 4.03. The summed E-state index contributed by atoms with van der Waals surface area (Å²) in [5, 5.41) is 0. The highest BCUT2D eigenvalue weighted by atomic mass is 79.9. The lowest BCUT2D eigenvalue weighted by Gasteiger charge is -2.29. The Morgan fingerprint density at radius 3 is 2.00 bits per heavy atom. The standard InChI is InChI=1S/C18H20BrNO4/c1-4-23-17(21)13-10-20(3)11-14(18(22)24-5-2)16(13)12-8-6-7-9-15(12)19/h6-11,16H,4-5H2,1-3H3. The fourth-order valence-corrected chi connectivity index (χ4v) is 3.12. The van der Waals surface area contributed by atoms with E-state index in [4.69, 9.17) is 9.47 Å². The second kappa shape index (κ2) is 8.15. The van der Waals surface area contributed by atoms with Gasteiger partial charge in [-0.1, -0.05) is 34.1 Å². The molecule has 0 spiro atoms. The summed E-state index contributed by atoms with van der Waals surface area (Å²) in [6.07, 6.45) is 3.37. The maximum absolute atomic E-state index is 12.5. The number of nitrogens with zero attached hydrogens (tertiary/aromatic N) is 1. The molecule has 0 amide bonds. The van der Waals surface area contributed by atoms with E-state index in [1.807, 2.05) is 24.3 Å². The first-order chi connectivity index (χ1) is 11.5. The largest absolute Gasteiger partial charge is 0.463 e. The van der Waals surface area contributed by atoms with Gasteiger partial charge in [-0.25, -0.2) is 9.59 Å². The molecule has 128 valence electrons. The molecule has 0 saturated carbocycles. The molecule has 1 aliphatic heterocycles. The Morgan fingerprint density at radius 1 is 1.04 bits per heavy atom. The van der Waals surface area contributed by atoms with Gasteiger partial charge in [0.25, 0.3) is 0 Å². The zero-order valence-electron chi connectivity index (χ0n) is 13.9. The Morgan fingerprint density at radius 2 is 1.54 bits per heavy atom. The van der Waals surface area contributed by atoms with Crippen LogP contribution >= 0.6 is 15.9 Å². The third kappa shape index (κ3) is 3.87. The number of carbonyl (C=O) groups excluding carboxylic acids is 2. The summed E-state index contributed by atoms with van der Waals surface area (Å²) < 4.78 is 11.2. The summed E-state index contributed by atoms with van der Waals surface area (Å²) in [5.74, 6) is -1.44. The van der Waals surface area contributed by atoms with Crippen LogP contribution in [0.4, 0.5) is 0 Å². The summed E-state index contributed by atoms with van der Waals surface area (Å²) in [5.41, 5.74) is 1.61. The average Bonchev–Trinajstić information content (AvgIpc) is 2.55. The second-order valence-electron chi connectivity index (χ2n) is 5.23.